The van der Waals surface area contributed by atoms with Crippen LogP contribution in [0.2, 0.25) is 0 Å². The van der Waals surface area contributed by atoms with Crippen LogP contribution in [-0.4, -0.2) is 131 Å². The molecule has 12 heteroatoms. The molecule has 0 radical (unpaired) electrons. The highest BCUT2D eigenvalue weighted by atomic mass is 16.6. The van der Waals surface area contributed by atoms with Gasteiger partial charge in [-0.1, -0.05) is 38.2 Å². The molecule has 2 amide bonds. The number of likely N-dealkylation sites (N-methyl/N-ethyl adjacent to an activating group) is 1. The molecule has 2 fully saturated rings. The van der Waals surface area contributed by atoms with Crippen LogP contribution >= 0.6 is 0 Å². The summed E-state index contributed by atoms with van der Waals surface area (Å²) in [7, 11) is 1.99. The highest BCUT2D eigenvalue weighted by molar-refractivity contribution is 5.70. The van der Waals surface area contributed by atoms with Crippen LogP contribution in [0.4, 0.5) is 9.59 Å². The molecule has 0 bridgehead atoms. The molecule has 3 heterocycles. The largest absolute Gasteiger partial charge is 0.457 e. The van der Waals surface area contributed by atoms with E-state index in [1.807, 2.05) is 46.0 Å². The Morgan fingerprint density at radius 1 is 1.16 bits per heavy atom. The molecule has 3 N–H and O–H groups in total. The first-order valence-corrected chi connectivity index (χ1v) is 16.1. The molecule has 3 aliphatic rings. The molecule has 254 valence electrons. The van der Waals surface area contributed by atoms with Crippen molar-refractivity contribution in [1.82, 2.24) is 14.7 Å². The van der Waals surface area contributed by atoms with E-state index >= 15 is 0 Å². The number of amides is 2. The summed E-state index contributed by atoms with van der Waals surface area (Å²) in [6.07, 6.45) is 6.98. The molecular weight excluding hydrogens is 582 g/mol. The first kappa shape index (κ1) is 36.5. The second-order valence-electron chi connectivity index (χ2n) is 13.0. The van der Waals surface area contributed by atoms with Crippen molar-refractivity contribution in [3.63, 3.8) is 0 Å². The number of piperazine rings is 1. The Kier molecular flexibility index (Phi) is 13.9. The molecule has 0 aromatic rings. The van der Waals surface area contributed by atoms with E-state index < -0.39 is 42.1 Å². The van der Waals surface area contributed by atoms with Gasteiger partial charge >= 0.3 is 18.2 Å². The number of esters is 1. The third kappa shape index (κ3) is 11.1. The third-order valence-electron chi connectivity index (χ3n) is 8.85. The predicted octanol–water partition coefficient (Wildman–Crippen LogP) is 2.87. The summed E-state index contributed by atoms with van der Waals surface area (Å²) in [6.45, 7) is 10.4. The maximum atomic E-state index is 13.0. The summed E-state index contributed by atoms with van der Waals surface area (Å²) >= 11 is 0. The molecule has 0 aliphatic carbocycles. The van der Waals surface area contributed by atoms with Crippen molar-refractivity contribution in [2.45, 2.75) is 89.8 Å². The molecule has 0 aromatic heterocycles. The molecule has 0 saturated carbocycles. The van der Waals surface area contributed by atoms with Gasteiger partial charge in [0.15, 0.2) is 6.10 Å². The fourth-order valence-corrected chi connectivity index (χ4v) is 5.72. The van der Waals surface area contributed by atoms with Crippen LogP contribution < -0.4 is 0 Å². The van der Waals surface area contributed by atoms with E-state index in [0.29, 0.717) is 19.6 Å². The Balaban J connectivity index is 1.70. The SMILES string of the molecule is C/C(=C\C=C\[C@@H](C)COC(=O)N1CCC[C@H]1CO)[C@H]1OC(=O)C[C@H](O)CC[C@@](C)(O)[C@@H](OC(=O)N2CCN(C)CC2)/C=C/[C@@H]1C. The van der Waals surface area contributed by atoms with Gasteiger partial charge in [-0.25, -0.2) is 9.59 Å². The van der Waals surface area contributed by atoms with E-state index in [9.17, 15) is 29.7 Å². The number of cyclic esters (lactones) is 1. The van der Waals surface area contributed by atoms with E-state index in [1.165, 1.54) is 0 Å². The fourth-order valence-electron chi connectivity index (χ4n) is 5.72. The van der Waals surface area contributed by atoms with Gasteiger partial charge < -0.3 is 44.2 Å². The molecule has 3 rings (SSSR count). The monoisotopic (exact) mass is 635 g/mol. The van der Waals surface area contributed by atoms with Crippen LogP contribution in [-0.2, 0) is 19.0 Å². The van der Waals surface area contributed by atoms with Gasteiger partial charge in [0.1, 0.15) is 11.7 Å². The molecule has 7 atom stereocenters. The molecule has 12 nitrogen and oxygen atoms in total. The van der Waals surface area contributed by atoms with Crippen molar-refractivity contribution >= 4 is 18.2 Å². The Morgan fingerprint density at radius 3 is 2.56 bits per heavy atom. The highest BCUT2D eigenvalue weighted by Gasteiger charge is 2.37. The fraction of sp³-hybridized carbons (Fsp3) is 0.727. The molecule has 0 spiro atoms. The van der Waals surface area contributed by atoms with Gasteiger partial charge in [0.05, 0.1) is 31.8 Å². The Hall–Kier alpha value is -2.93. The van der Waals surface area contributed by atoms with Crippen LogP contribution in [0.5, 0.6) is 0 Å². The lowest BCUT2D eigenvalue weighted by Crippen LogP contribution is -2.50. The van der Waals surface area contributed by atoms with Crippen molar-refractivity contribution in [3.05, 3.63) is 36.0 Å². The first-order valence-electron chi connectivity index (χ1n) is 16.1. The predicted molar refractivity (Wildman–Crippen MR) is 168 cm³/mol. The summed E-state index contributed by atoms with van der Waals surface area (Å²) in [5.74, 6) is -0.988. The Morgan fingerprint density at radius 2 is 1.87 bits per heavy atom. The molecule has 2 saturated heterocycles. The molecular formula is C33H53N3O9. The van der Waals surface area contributed by atoms with E-state index in [4.69, 9.17) is 14.2 Å². The van der Waals surface area contributed by atoms with Crippen LogP contribution in [0.25, 0.3) is 0 Å². The van der Waals surface area contributed by atoms with Gasteiger partial charge in [0.25, 0.3) is 0 Å². The van der Waals surface area contributed by atoms with Crippen molar-refractivity contribution in [2.75, 3.05) is 53.0 Å². The quantitative estimate of drug-likeness (QED) is 0.165. The minimum atomic E-state index is -1.47. The van der Waals surface area contributed by atoms with Crippen molar-refractivity contribution in [3.8, 4) is 0 Å². The zero-order chi connectivity index (χ0) is 33.1. The van der Waals surface area contributed by atoms with E-state index in [2.05, 4.69) is 4.90 Å². The maximum absolute atomic E-state index is 13.0. The molecule has 45 heavy (non-hydrogen) atoms. The van der Waals surface area contributed by atoms with Gasteiger partial charge in [-0.15, -0.1) is 0 Å². The van der Waals surface area contributed by atoms with Gasteiger partial charge in [0.2, 0.25) is 0 Å². The normalized spacial score (nSPS) is 32.4. The number of rotatable bonds is 7. The summed E-state index contributed by atoms with van der Waals surface area (Å²) < 4.78 is 17.1. The van der Waals surface area contributed by atoms with Crippen molar-refractivity contribution < 1.29 is 43.9 Å². The smallest absolute Gasteiger partial charge is 0.410 e. The van der Waals surface area contributed by atoms with Gasteiger partial charge in [0, 0.05) is 44.6 Å². The maximum Gasteiger partial charge on any atom is 0.410 e. The number of aliphatic hydroxyl groups is 3. The van der Waals surface area contributed by atoms with E-state index in [-0.39, 0.29) is 50.4 Å². The van der Waals surface area contributed by atoms with Crippen LogP contribution in [0.1, 0.15) is 59.8 Å². The molecule has 0 unspecified atom stereocenters. The third-order valence-corrected chi connectivity index (χ3v) is 8.85. The number of likely N-dealkylation sites (tertiary alicyclic amines) is 1. The van der Waals surface area contributed by atoms with Crippen molar-refractivity contribution in [2.24, 2.45) is 11.8 Å². The van der Waals surface area contributed by atoms with Gasteiger partial charge in [-0.2, -0.15) is 0 Å². The highest BCUT2D eigenvalue weighted by Crippen LogP contribution is 2.27. The Labute approximate surface area is 267 Å². The summed E-state index contributed by atoms with van der Waals surface area (Å²) in [4.78, 5) is 43.5. The average molecular weight is 636 g/mol. The summed E-state index contributed by atoms with van der Waals surface area (Å²) in [5, 5.41) is 31.3. The lowest BCUT2D eigenvalue weighted by atomic mass is 9.89. The standard InChI is InChI=1S/C33H53N3O9/c1-23(22-43-32(41)36-15-7-10-26(36)21-37)8-6-9-24(2)30-25(3)11-12-28(44-31(40)35-18-16-34(5)17-19-35)33(4,42)14-13-27(38)20-29(39)45-30/h6,8-9,11-12,23,25-28,30,37-38,42H,7,10,13-22H2,1-5H3/b8-6+,12-11+,24-9+/t23-,25+,26+,27-,28+,30-,33-/m1/s1. The number of nitrogens with zero attached hydrogens (tertiary/aromatic N) is 3. The minimum Gasteiger partial charge on any atom is -0.457 e. The summed E-state index contributed by atoms with van der Waals surface area (Å²) in [6, 6.07) is -0.190. The van der Waals surface area contributed by atoms with E-state index in [0.717, 1.165) is 31.5 Å². The average Bonchev–Trinajstić information content (AvgIpc) is 3.48. The van der Waals surface area contributed by atoms with Crippen LogP contribution in [0.15, 0.2) is 36.0 Å². The second-order valence-corrected chi connectivity index (χ2v) is 13.0. The zero-order valence-corrected chi connectivity index (χ0v) is 27.5. The minimum absolute atomic E-state index is 0.0747. The number of ether oxygens (including phenoxy) is 3. The van der Waals surface area contributed by atoms with Crippen LogP contribution in [0.3, 0.4) is 0 Å². The lowest BCUT2D eigenvalue weighted by molar-refractivity contribution is -0.151. The molecule has 0 aromatic carbocycles. The van der Waals surface area contributed by atoms with Gasteiger partial charge in [-0.05, 0) is 58.2 Å². The number of carbonyl (C=O) groups excluding carboxylic acids is 3. The Bertz CT molecular complexity index is 1080. The number of aliphatic hydroxyl groups excluding tert-OH is 2. The molecule has 3 aliphatic heterocycles. The second kappa shape index (κ2) is 17.1. The zero-order valence-electron chi connectivity index (χ0n) is 27.5. The van der Waals surface area contributed by atoms with Gasteiger partial charge in [-0.3, -0.25) is 4.79 Å². The number of hydrogen-bond donors (Lipinski definition) is 3. The first-order chi connectivity index (χ1) is 21.3. The van der Waals surface area contributed by atoms with Crippen LogP contribution in [0, 0.1) is 11.8 Å². The number of hydrogen-bond acceptors (Lipinski definition) is 10. The topological polar surface area (TPSA) is 149 Å². The van der Waals surface area contributed by atoms with Crippen molar-refractivity contribution in [1.29, 1.82) is 0 Å². The number of carbonyl (C=O) groups is 3. The van der Waals surface area contributed by atoms with E-state index in [1.54, 1.807) is 28.9 Å². The lowest BCUT2D eigenvalue weighted by Gasteiger charge is -2.36. The number of allylic oxidation sites excluding steroid dienone is 2. The summed E-state index contributed by atoms with van der Waals surface area (Å²) in [5.41, 5.74) is -0.730.